The molecular formula is C13H13NOS. The highest BCUT2D eigenvalue weighted by Crippen LogP contribution is 2.20. The lowest BCUT2D eigenvalue weighted by Gasteiger charge is -2.02. The molecule has 0 aliphatic heterocycles. The molecule has 0 aliphatic rings. The van der Waals surface area contributed by atoms with Gasteiger partial charge in [-0.15, -0.1) is 11.3 Å². The van der Waals surface area contributed by atoms with Crippen LogP contribution in [0, 0.1) is 6.92 Å². The van der Waals surface area contributed by atoms with Crippen LogP contribution in [-0.2, 0) is 0 Å². The Morgan fingerprint density at radius 2 is 2.06 bits per heavy atom. The molecule has 0 aliphatic carbocycles. The smallest absolute Gasteiger partial charge is 0.126 e. The summed E-state index contributed by atoms with van der Waals surface area (Å²) in [5.41, 5.74) is 2.13. The van der Waals surface area contributed by atoms with E-state index in [-0.39, 0.29) is 0 Å². The zero-order valence-corrected chi connectivity index (χ0v) is 10.1. The first-order valence-electron chi connectivity index (χ1n) is 5.03. The van der Waals surface area contributed by atoms with Crippen LogP contribution in [0.3, 0.4) is 0 Å². The van der Waals surface area contributed by atoms with Crippen LogP contribution in [0.2, 0.25) is 0 Å². The first-order chi connectivity index (χ1) is 7.79. The highest BCUT2D eigenvalue weighted by molar-refractivity contribution is 7.10. The Morgan fingerprint density at radius 3 is 2.75 bits per heavy atom. The normalized spacial score (nSPS) is 10.9. The molecule has 0 saturated carbocycles. The number of nitrogens with zero attached hydrogens (tertiary/aromatic N) is 1. The molecule has 2 rings (SSSR count). The molecular weight excluding hydrogens is 218 g/mol. The maximum atomic E-state index is 5.27. The van der Waals surface area contributed by atoms with Crippen molar-refractivity contribution in [3.63, 3.8) is 0 Å². The van der Waals surface area contributed by atoms with Crippen molar-refractivity contribution in [3.8, 4) is 5.75 Å². The van der Waals surface area contributed by atoms with E-state index in [1.807, 2.05) is 48.7 Å². The van der Waals surface area contributed by atoms with Gasteiger partial charge < -0.3 is 4.74 Å². The Labute approximate surface area is 99.2 Å². The summed E-state index contributed by atoms with van der Waals surface area (Å²) in [7, 11) is 1.68. The zero-order valence-electron chi connectivity index (χ0n) is 9.31. The molecule has 0 fully saturated rings. The first-order valence-corrected chi connectivity index (χ1v) is 5.91. The molecule has 1 aromatic carbocycles. The lowest BCUT2D eigenvalue weighted by atomic mass is 10.2. The van der Waals surface area contributed by atoms with E-state index in [0.717, 1.165) is 22.0 Å². The Morgan fingerprint density at radius 1 is 1.25 bits per heavy atom. The second kappa shape index (κ2) is 4.94. The summed E-state index contributed by atoms with van der Waals surface area (Å²) in [5.74, 6) is 0.882. The number of thiazole rings is 1. The minimum atomic E-state index is 0.882. The molecule has 16 heavy (non-hydrogen) atoms. The predicted octanol–water partition coefficient (Wildman–Crippen LogP) is 3.63. The fourth-order valence-electron chi connectivity index (χ4n) is 1.41. The third kappa shape index (κ3) is 2.49. The third-order valence-corrected chi connectivity index (χ3v) is 3.11. The molecule has 82 valence electrons. The predicted molar refractivity (Wildman–Crippen MR) is 68.8 cm³/mol. The van der Waals surface area contributed by atoms with E-state index in [9.17, 15) is 0 Å². The molecule has 0 atom stereocenters. The number of methoxy groups -OCH3 is 1. The van der Waals surface area contributed by atoms with Crippen molar-refractivity contribution in [1.82, 2.24) is 4.98 Å². The van der Waals surface area contributed by atoms with Gasteiger partial charge >= 0.3 is 0 Å². The molecule has 3 heteroatoms. The van der Waals surface area contributed by atoms with Crippen molar-refractivity contribution in [2.24, 2.45) is 0 Å². The highest BCUT2D eigenvalue weighted by atomic mass is 32.1. The average Bonchev–Trinajstić information content (AvgIpc) is 2.73. The minimum Gasteiger partial charge on any atom is -0.496 e. The van der Waals surface area contributed by atoms with Crippen LogP contribution >= 0.6 is 11.3 Å². The van der Waals surface area contributed by atoms with Crippen molar-refractivity contribution in [2.45, 2.75) is 6.92 Å². The van der Waals surface area contributed by atoms with E-state index in [4.69, 9.17) is 4.74 Å². The van der Waals surface area contributed by atoms with E-state index in [0.29, 0.717) is 0 Å². The van der Waals surface area contributed by atoms with Crippen molar-refractivity contribution >= 4 is 23.5 Å². The Kier molecular flexibility index (Phi) is 3.37. The van der Waals surface area contributed by atoms with Gasteiger partial charge in [0.25, 0.3) is 0 Å². The van der Waals surface area contributed by atoms with E-state index in [1.165, 1.54) is 0 Å². The quantitative estimate of drug-likeness (QED) is 0.804. The van der Waals surface area contributed by atoms with E-state index < -0.39 is 0 Å². The van der Waals surface area contributed by atoms with Gasteiger partial charge in [0.1, 0.15) is 10.8 Å². The average molecular weight is 231 g/mol. The van der Waals surface area contributed by atoms with Crippen molar-refractivity contribution in [1.29, 1.82) is 0 Å². The molecule has 1 heterocycles. The van der Waals surface area contributed by atoms with Crippen LogP contribution in [-0.4, -0.2) is 12.1 Å². The van der Waals surface area contributed by atoms with Crippen LogP contribution < -0.4 is 4.74 Å². The van der Waals surface area contributed by atoms with Gasteiger partial charge in [-0.05, 0) is 25.1 Å². The monoisotopic (exact) mass is 231 g/mol. The molecule has 1 aromatic heterocycles. The van der Waals surface area contributed by atoms with Gasteiger partial charge in [-0.2, -0.15) is 0 Å². The molecule has 0 amide bonds. The van der Waals surface area contributed by atoms with Crippen molar-refractivity contribution < 1.29 is 4.74 Å². The minimum absolute atomic E-state index is 0.882. The molecule has 2 nitrogen and oxygen atoms in total. The van der Waals surface area contributed by atoms with E-state index in [2.05, 4.69) is 4.98 Å². The number of rotatable bonds is 3. The van der Waals surface area contributed by atoms with Crippen molar-refractivity contribution in [3.05, 3.63) is 45.9 Å². The highest BCUT2D eigenvalue weighted by Gasteiger charge is 1.97. The molecule has 0 unspecified atom stereocenters. The molecule has 0 radical (unpaired) electrons. The SMILES string of the molecule is COc1ccccc1/C=C/c1nc(C)cs1. The topological polar surface area (TPSA) is 22.1 Å². The summed E-state index contributed by atoms with van der Waals surface area (Å²) in [4.78, 5) is 4.37. The second-order valence-corrected chi connectivity index (χ2v) is 4.29. The largest absolute Gasteiger partial charge is 0.496 e. The Hall–Kier alpha value is -1.61. The maximum Gasteiger partial charge on any atom is 0.126 e. The fraction of sp³-hybridized carbons (Fsp3) is 0.154. The van der Waals surface area contributed by atoms with Crippen LogP contribution in [0.15, 0.2) is 29.6 Å². The second-order valence-electron chi connectivity index (χ2n) is 3.40. The fourth-order valence-corrected chi connectivity index (χ4v) is 2.10. The number of aryl methyl sites for hydroxylation is 1. The van der Waals surface area contributed by atoms with E-state index in [1.54, 1.807) is 18.4 Å². The van der Waals surface area contributed by atoms with Crippen LogP contribution in [0.25, 0.3) is 12.2 Å². The summed E-state index contributed by atoms with van der Waals surface area (Å²) in [6.45, 7) is 2.00. The molecule has 0 spiro atoms. The molecule has 0 bridgehead atoms. The van der Waals surface area contributed by atoms with Gasteiger partial charge in [0, 0.05) is 16.6 Å². The van der Waals surface area contributed by atoms with Crippen LogP contribution in [0.4, 0.5) is 0 Å². The number of hydrogen-bond acceptors (Lipinski definition) is 3. The molecule has 0 saturated heterocycles. The molecule has 0 N–H and O–H groups in total. The zero-order chi connectivity index (χ0) is 11.4. The number of aromatic nitrogens is 1. The lowest BCUT2D eigenvalue weighted by Crippen LogP contribution is -1.85. The van der Waals surface area contributed by atoms with Gasteiger partial charge in [-0.3, -0.25) is 0 Å². The van der Waals surface area contributed by atoms with Gasteiger partial charge in [-0.25, -0.2) is 4.98 Å². The molecule has 2 aromatic rings. The van der Waals surface area contributed by atoms with Gasteiger partial charge in [0.2, 0.25) is 0 Å². The third-order valence-electron chi connectivity index (χ3n) is 2.18. The van der Waals surface area contributed by atoms with Crippen molar-refractivity contribution in [2.75, 3.05) is 7.11 Å². The van der Waals surface area contributed by atoms with Gasteiger partial charge in [0.15, 0.2) is 0 Å². The van der Waals surface area contributed by atoms with Gasteiger partial charge in [0.05, 0.1) is 7.11 Å². The summed E-state index contributed by atoms with van der Waals surface area (Å²) in [6.07, 6.45) is 4.03. The van der Waals surface area contributed by atoms with Gasteiger partial charge in [-0.1, -0.05) is 18.2 Å². The number of hydrogen-bond donors (Lipinski definition) is 0. The van der Waals surface area contributed by atoms with Crippen LogP contribution in [0.5, 0.6) is 5.75 Å². The maximum absolute atomic E-state index is 5.27. The Bertz CT molecular complexity index is 502. The first kappa shape index (κ1) is 10.9. The lowest BCUT2D eigenvalue weighted by molar-refractivity contribution is 0.414. The number of para-hydroxylation sites is 1. The summed E-state index contributed by atoms with van der Waals surface area (Å²) < 4.78 is 5.27. The van der Waals surface area contributed by atoms with E-state index >= 15 is 0 Å². The summed E-state index contributed by atoms with van der Waals surface area (Å²) in [6, 6.07) is 7.93. The standard InChI is InChI=1S/C13H13NOS/c1-10-9-16-13(14-10)8-7-11-5-3-4-6-12(11)15-2/h3-9H,1-2H3/b8-7+. The number of ether oxygens (including phenoxy) is 1. The van der Waals surface area contributed by atoms with Crippen LogP contribution in [0.1, 0.15) is 16.3 Å². The summed E-state index contributed by atoms with van der Waals surface area (Å²) >= 11 is 1.64. The number of benzene rings is 1. The Balaban J connectivity index is 2.23. The summed E-state index contributed by atoms with van der Waals surface area (Å²) in [5, 5.41) is 3.06.